The molecule has 1 saturated heterocycles. The van der Waals surface area contributed by atoms with Crippen LogP contribution in [0.2, 0.25) is 0 Å². The van der Waals surface area contributed by atoms with Gasteiger partial charge in [0.05, 0.1) is 18.6 Å². The number of nitrogens with zero attached hydrogens (tertiary/aromatic N) is 2. The van der Waals surface area contributed by atoms with Gasteiger partial charge < -0.3 is 9.15 Å². The van der Waals surface area contributed by atoms with Crippen LogP contribution in [0, 0.1) is 10.8 Å². The lowest BCUT2D eigenvalue weighted by Crippen LogP contribution is -2.36. The molecule has 5 rings (SSSR count). The number of ether oxygens (including phenoxy) is 1. The molecule has 0 amide bonds. The Labute approximate surface area is 181 Å². The van der Waals surface area contributed by atoms with Gasteiger partial charge in [-0.25, -0.2) is 0 Å². The minimum atomic E-state index is -0.0229. The molecule has 0 aliphatic carbocycles. The number of benzene rings is 1. The van der Waals surface area contributed by atoms with Gasteiger partial charge in [0, 0.05) is 41.4 Å². The predicted octanol–water partition coefficient (Wildman–Crippen LogP) is 4.24. The molecule has 1 fully saturated rings. The average molecular weight is 422 g/mol. The summed E-state index contributed by atoms with van der Waals surface area (Å²) in [5, 5.41) is 12.4. The molecule has 0 radical (unpaired) electrons. The lowest BCUT2D eigenvalue weighted by Gasteiger charge is -2.27. The second kappa shape index (κ2) is 8.17. The molecule has 30 heavy (non-hydrogen) atoms. The standard InChI is InChI=1S/C24H27N3O2S/c1-24-6-12-30-23(24)15-20(26-16-24)22-14-19(25)18-13-17(4-5-21(18)29-22)3-2-7-27-8-10-28-11-9-27/h4-6,12-16,23,25H,2-3,7-11H2,1H3. The molecule has 0 bridgehead atoms. The third kappa shape index (κ3) is 3.92. The fourth-order valence-electron chi connectivity index (χ4n) is 4.23. The van der Waals surface area contributed by atoms with Crippen molar-refractivity contribution in [3.63, 3.8) is 0 Å². The van der Waals surface area contributed by atoms with Crippen LogP contribution in [0.1, 0.15) is 24.7 Å². The van der Waals surface area contributed by atoms with Crippen LogP contribution in [-0.4, -0.2) is 49.2 Å². The normalized spacial score (nSPS) is 26.2. The molecule has 2 unspecified atom stereocenters. The summed E-state index contributed by atoms with van der Waals surface area (Å²) >= 11 is 1.80. The highest BCUT2D eigenvalue weighted by Gasteiger charge is 2.35. The number of hydrogen-bond acceptors (Lipinski definition) is 6. The smallest absolute Gasteiger partial charge is 0.154 e. The van der Waals surface area contributed by atoms with Crippen LogP contribution in [0.3, 0.4) is 0 Å². The van der Waals surface area contributed by atoms with Gasteiger partial charge in [0.25, 0.3) is 0 Å². The molecule has 2 atom stereocenters. The molecule has 4 heterocycles. The summed E-state index contributed by atoms with van der Waals surface area (Å²) in [5.41, 5.74) is 2.80. The van der Waals surface area contributed by atoms with Crippen molar-refractivity contribution < 1.29 is 9.15 Å². The van der Waals surface area contributed by atoms with Gasteiger partial charge in [-0.05, 0) is 55.5 Å². The lowest BCUT2D eigenvalue weighted by atomic mass is 9.86. The fourth-order valence-corrected chi connectivity index (χ4v) is 5.42. The van der Waals surface area contributed by atoms with E-state index in [9.17, 15) is 0 Å². The molecule has 3 aliphatic rings. The minimum absolute atomic E-state index is 0.0229. The zero-order valence-corrected chi connectivity index (χ0v) is 18.1. The highest BCUT2D eigenvalue weighted by molar-refractivity contribution is 8.03. The first-order valence-electron chi connectivity index (χ1n) is 10.6. The van der Waals surface area contributed by atoms with E-state index in [2.05, 4.69) is 46.5 Å². The first-order valence-corrected chi connectivity index (χ1v) is 11.6. The van der Waals surface area contributed by atoms with Gasteiger partial charge >= 0.3 is 0 Å². The molecule has 2 aromatic rings. The fraction of sp³-hybridized carbons (Fsp3) is 0.417. The third-order valence-electron chi connectivity index (χ3n) is 6.18. The molecule has 5 nitrogen and oxygen atoms in total. The van der Waals surface area contributed by atoms with E-state index >= 15 is 0 Å². The van der Waals surface area contributed by atoms with E-state index in [1.54, 1.807) is 17.8 Å². The van der Waals surface area contributed by atoms with E-state index in [0.717, 1.165) is 62.4 Å². The van der Waals surface area contributed by atoms with Crippen LogP contribution < -0.4 is 5.36 Å². The van der Waals surface area contributed by atoms with Crippen LogP contribution in [0.4, 0.5) is 0 Å². The Morgan fingerprint density at radius 2 is 2.13 bits per heavy atom. The largest absolute Gasteiger partial charge is 0.454 e. The Balaban J connectivity index is 1.33. The second-order valence-electron chi connectivity index (χ2n) is 8.45. The number of allylic oxidation sites excluding steroid dienone is 1. The van der Waals surface area contributed by atoms with E-state index in [4.69, 9.17) is 14.6 Å². The number of hydrogen-bond donors (Lipinski definition) is 1. The van der Waals surface area contributed by atoms with E-state index in [0.29, 0.717) is 16.4 Å². The van der Waals surface area contributed by atoms with Gasteiger partial charge in [0.1, 0.15) is 11.3 Å². The summed E-state index contributed by atoms with van der Waals surface area (Å²) in [6, 6.07) is 8.04. The summed E-state index contributed by atoms with van der Waals surface area (Å²) < 4.78 is 11.6. The Hall–Kier alpha value is -2.15. The molecular formula is C24H27N3O2S. The molecule has 1 N–H and O–H groups in total. The quantitative estimate of drug-likeness (QED) is 0.785. The number of aryl methyl sites for hydroxylation is 1. The monoisotopic (exact) mass is 421 g/mol. The molecule has 6 heteroatoms. The molecule has 1 aromatic carbocycles. The SMILES string of the molecule is CC12C=CSC1C=C(c1cc(=N)c3cc(CCCN4CCOCC4)ccc3o1)N=C2. The average Bonchev–Trinajstić information content (AvgIpc) is 3.15. The first kappa shape index (κ1) is 19.8. The topological polar surface area (TPSA) is 61.8 Å². The summed E-state index contributed by atoms with van der Waals surface area (Å²) in [7, 11) is 0. The maximum absolute atomic E-state index is 8.56. The number of thioether (sulfide) groups is 1. The minimum Gasteiger partial charge on any atom is -0.454 e. The van der Waals surface area contributed by atoms with E-state index in [1.165, 1.54) is 5.56 Å². The maximum Gasteiger partial charge on any atom is 0.154 e. The van der Waals surface area contributed by atoms with Crippen molar-refractivity contribution >= 4 is 34.6 Å². The van der Waals surface area contributed by atoms with E-state index < -0.39 is 0 Å². The Kier molecular flexibility index (Phi) is 5.39. The summed E-state index contributed by atoms with van der Waals surface area (Å²) in [5.74, 6) is 0.665. The number of morpholine rings is 1. The van der Waals surface area contributed by atoms with Crippen LogP contribution in [-0.2, 0) is 11.2 Å². The highest BCUT2D eigenvalue weighted by atomic mass is 32.2. The van der Waals surface area contributed by atoms with Crippen molar-refractivity contribution in [2.75, 3.05) is 32.8 Å². The van der Waals surface area contributed by atoms with E-state index in [1.807, 2.05) is 12.3 Å². The van der Waals surface area contributed by atoms with Gasteiger partial charge in [-0.1, -0.05) is 12.1 Å². The zero-order valence-electron chi connectivity index (χ0n) is 17.3. The van der Waals surface area contributed by atoms with E-state index in [-0.39, 0.29) is 5.41 Å². The highest BCUT2D eigenvalue weighted by Crippen LogP contribution is 2.43. The number of fused-ring (bicyclic) bond motifs is 2. The first-order chi connectivity index (χ1) is 14.6. The maximum atomic E-state index is 8.56. The Morgan fingerprint density at radius 1 is 1.27 bits per heavy atom. The molecule has 0 spiro atoms. The van der Waals surface area contributed by atoms with Crippen molar-refractivity contribution in [3.05, 3.63) is 58.5 Å². The number of rotatable bonds is 5. The Bertz CT molecular complexity index is 1100. The lowest BCUT2D eigenvalue weighted by molar-refractivity contribution is 0.0375. The third-order valence-corrected chi connectivity index (χ3v) is 7.41. The van der Waals surface area contributed by atoms with Gasteiger partial charge in [0.15, 0.2) is 5.76 Å². The summed E-state index contributed by atoms with van der Waals surface area (Å²) in [4.78, 5) is 7.11. The van der Waals surface area contributed by atoms with Crippen molar-refractivity contribution in [1.82, 2.24) is 4.90 Å². The summed E-state index contributed by atoms with van der Waals surface area (Å²) in [6.07, 6.45) is 8.49. The molecule has 1 aromatic heterocycles. The number of nitrogens with one attached hydrogen (secondary N) is 1. The predicted molar refractivity (Wildman–Crippen MR) is 123 cm³/mol. The summed E-state index contributed by atoms with van der Waals surface area (Å²) in [6.45, 7) is 7.04. The van der Waals surface area contributed by atoms with Crippen molar-refractivity contribution in [1.29, 1.82) is 5.41 Å². The molecule has 156 valence electrons. The number of aliphatic imine (C=N–C) groups is 1. The second-order valence-corrected chi connectivity index (χ2v) is 9.50. The molecule has 0 saturated carbocycles. The van der Waals surface area contributed by atoms with Gasteiger partial charge in [0.2, 0.25) is 0 Å². The van der Waals surface area contributed by atoms with Gasteiger partial charge in [-0.2, -0.15) is 0 Å². The van der Waals surface area contributed by atoms with Crippen molar-refractivity contribution in [2.24, 2.45) is 10.4 Å². The molecular weight excluding hydrogens is 394 g/mol. The molecule has 3 aliphatic heterocycles. The van der Waals surface area contributed by atoms with Crippen molar-refractivity contribution in [3.8, 4) is 0 Å². The van der Waals surface area contributed by atoms with Crippen LogP contribution in [0.15, 0.2) is 51.2 Å². The van der Waals surface area contributed by atoms with Crippen LogP contribution in [0.5, 0.6) is 0 Å². The van der Waals surface area contributed by atoms with Gasteiger partial charge in [-0.3, -0.25) is 15.3 Å². The van der Waals surface area contributed by atoms with Crippen LogP contribution in [0.25, 0.3) is 16.7 Å². The Morgan fingerprint density at radius 3 is 3.00 bits per heavy atom. The van der Waals surface area contributed by atoms with Crippen molar-refractivity contribution in [2.45, 2.75) is 25.0 Å². The van der Waals surface area contributed by atoms with Crippen LogP contribution >= 0.6 is 11.8 Å². The zero-order chi connectivity index (χ0) is 20.6. The van der Waals surface area contributed by atoms with Gasteiger partial charge in [-0.15, -0.1) is 11.8 Å².